The third-order valence-electron chi connectivity index (χ3n) is 3.77. The average molecular weight is 296 g/mol. The van der Waals surface area contributed by atoms with Crippen LogP contribution in [-0.2, 0) is 11.2 Å². The molecular weight excluding hydrogens is 272 g/mol. The monoisotopic (exact) mass is 296 g/mol. The van der Waals surface area contributed by atoms with Gasteiger partial charge in [-0.05, 0) is 30.4 Å². The van der Waals surface area contributed by atoms with Crippen LogP contribution in [0.1, 0.15) is 36.4 Å². The molecule has 0 saturated heterocycles. The Morgan fingerprint density at radius 3 is 2.27 bits per heavy atom. The van der Waals surface area contributed by atoms with Crippen LogP contribution in [0.4, 0.5) is 0 Å². The lowest BCUT2D eigenvalue weighted by atomic mass is 9.99. The Morgan fingerprint density at radius 2 is 1.64 bits per heavy atom. The molecule has 0 spiro atoms. The molecule has 0 aromatic heterocycles. The van der Waals surface area contributed by atoms with E-state index >= 15 is 0 Å². The molecule has 3 heteroatoms. The molecule has 3 N–H and O–H groups in total. The maximum atomic E-state index is 10.9. The predicted octanol–water partition coefficient (Wildman–Crippen LogP) is 3.22. The van der Waals surface area contributed by atoms with Gasteiger partial charge in [-0.1, -0.05) is 60.7 Å². The number of nitrogens with two attached hydrogens (primary N) is 1. The Hall–Kier alpha value is -2.13. The Balaban J connectivity index is 1.88. The number of aryl methyl sites for hydroxylation is 1. The molecule has 0 heterocycles. The van der Waals surface area contributed by atoms with Crippen molar-refractivity contribution >= 4 is 5.91 Å². The van der Waals surface area contributed by atoms with Crippen LogP contribution in [0.15, 0.2) is 60.7 Å². The minimum atomic E-state index is -0.261. The fourth-order valence-electron chi connectivity index (χ4n) is 2.60. The van der Waals surface area contributed by atoms with Crippen molar-refractivity contribution in [2.24, 2.45) is 5.73 Å². The largest absolute Gasteiger partial charge is 0.370 e. The molecule has 3 nitrogen and oxygen atoms in total. The van der Waals surface area contributed by atoms with Gasteiger partial charge in [0.15, 0.2) is 0 Å². The summed E-state index contributed by atoms with van der Waals surface area (Å²) in [6, 6.07) is 21.2. The van der Waals surface area contributed by atoms with Gasteiger partial charge in [0, 0.05) is 19.0 Å². The number of amides is 1. The van der Waals surface area contributed by atoms with Crippen molar-refractivity contribution in [3.05, 3.63) is 71.8 Å². The van der Waals surface area contributed by atoms with E-state index in [2.05, 4.69) is 53.8 Å². The first-order valence-corrected chi connectivity index (χ1v) is 7.86. The van der Waals surface area contributed by atoms with E-state index in [0.717, 1.165) is 19.3 Å². The van der Waals surface area contributed by atoms with Gasteiger partial charge in [-0.2, -0.15) is 0 Å². The van der Waals surface area contributed by atoms with Crippen LogP contribution in [-0.4, -0.2) is 12.5 Å². The molecule has 2 rings (SSSR count). The summed E-state index contributed by atoms with van der Waals surface area (Å²) in [6.45, 7) is 0.625. The van der Waals surface area contributed by atoms with E-state index < -0.39 is 0 Å². The normalized spacial score (nSPS) is 12.0. The van der Waals surface area contributed by atoms with Crippen LogP contribution in [0.3, 0.4) is 0 Å². The quantitative estimate of drug-likeness (QED) is 0.746. The Morgan fingerprint density at radius 1 is 1.00 bits per heavy atom. The Bertz CT molecular complexity index is 554. The van der Waals surface area contributed by atoms with Crippen molar-refractivity contribution in [2.45, 2.75) is 31.7 Å². The number of hydrogen-bond acceptors (Lipinski definition) is 2. The van der Waals surface area contributed by atoms with Gasteiger partial charge in [0.1, 0.15) is 0 Å². The highest BCUT2D eigenvalue weighted by atomic mass is 16.1. The summed E-state index contributed by atoms with van der Waals surface area (Å²) in [5.74, 6) is -0.261. The van der Waals surface area contributed by atoms with Crippen molar-refractivity contribution < 1.29 is 4.79 Å². The number of rotatable bonds is 9. The summed E-state index contributed by atoms with van der Waals surface area (Å²) in [6.07, 6.45) is 3.59. The topological polar surface area (TPSA) is 55.1 Å². The molecule has 1 amide bonds. The smallest absolute Gasteiger partial charge is 0.218 e. The second-order valence-corrected chi connectivity index (χ2v) is 5.51. The fraction of sp³-hybridized carbons (Fsp3) is 0.316. The highest BCUT2D eigenvalue weighted by molar-refractivity contribution is 5.73. The lowest BCUT2D eigenvalue weighted by Crippen LogP contribution is -2.26. The number of benzene rings is 2. The highest BCUT2D eigenvalue weighted by Crippen LogP contribution is 2.19. The van der Waals surface area contributed by atoms with Crippen molar-refractivity contribution in [3.8, 4) is 0 Å². The lowest BCUT2D eigenvalue weighted by molar-refractivity contribution is -0.117. The van der Waals surface area contributed by atoms with Crippen LogP contribution < -0.4 is 11.1 Å². The molecule has 0 unspecified atom stereocenters. The van der Waals surface area contributed by atoms with E-state index in [9.17, 15) is 4.79 Å². The van der Waals surface area contributed by atoms with Crippen LogP contribution in [0.25, 0.3) is 0 Å². The van der Waals surface area contributed by atoms with Gasteiger partial charge < -0.3 is 11.1 Å². The molecule has 116 valence electrons. The number of carbonyl (C=O) groups excluding carboxylic acids is 1. The number of hydrogen-bond donors (Lipinski definition) is 2. The van der Waals surface area contributed by atoms with E-state index in [1.165, 1.54) is 11.1 Å². The summed E-state index contributed by atoms with van der Waals surface area (Å²) < 4.78 is 0. The van der Waals surface area contributed by atoms with Gasteiger partial charge in [0.25, 0.3) is 0 Å². The summed E-state index contributed by atoms with van der Waals surface area (Å²) in [4.78, 5) is 10.9. The molecular formula is C19H24N2O. The van der Waals surface area contributed by atoms with Gasteiger partial charge in [-0.15, -0.1) is 0 Å². The molecule has 1 atom stereocenters. The van der Waals surface area contributed by atoms with E-state index in [-0.39, 0.29) is 11.9 Å². The van der Waals surface area contributed by atoms with Crippen molar-refractivity contribution in [1.82, 2.24) is 5.32 Å². The molecule has 2 aromatic rings. The van der Waals surface area contributed by atoms with E-state index in [1.54, 1.807) is 0 Å². The van der Waals surface area contributed by atoms with E-state index in [4.69, 9.17) is 5.73 Å². The van der Waals surface area contributed by atoms with Crippen LogP contribution in [0.5, 0.6) is 0 Å². The number of carbonyl (C=O) groups is 1. The molecule has 0 radical (unpaired) electrons. The standard InChI is InChI=1S/C19H24N2O/c20-19(22)14-15-21-18(17-11-5-2-6-12-17)13-7-10-16-8-3-1-4-9-16/h1-6,8-9,11-12,18,21H,7,10,13-15H2,(H2,20,22)/t18-/m1/s1. The Kier molecular flexibility index (Phi) is 6.65. The minimum Gasteiger partial charge on any atom is -0.370 e. The summed E-state index contributed by atoms with van der Waals surface area (Å²) in [5.41, 5.74) is 7.85. The Labute approximate surface area is 132 Å². The first-order chi connectivity index (χ1) is 10.8. The van der Waals surface area contributed by atoms with Crippen LogP contribution >= 0.6 is 0 Å². The molecule has 2 aromatic carbocycles. The first kappa shape index (κ1) is 16.2. The minimum absolute atomic E-state index is 0.261. The zero-order chi connectivity index (χ0) is 15.6. The maximum Gasteiger partial charge on any atom is 0.218 e. The van der Waals surface area contributed by atoms with Gasteiger partial charge in [0.05, 0.1) is 0 Å². The third-order valence-corrected chi connectivity index (χ3v) is 3.77. The van der Waals surface area contributed by atoms with Crippen molar-refractivity contribution in [2.75, 3.05) is 6.54 Å². The van der Waals surface area contributed by atoms with E-state index in [1.807, 2.05) is 12.1 Å². The SMILES string of the molecule is NC(=O)CCN[C@H](CCCc1ccccc1)c1ccccc1. The molecule has 0 bridgehead atoms. The maximum absolute atomic E-state index is 10.9. The molecule has 0 aliphatic heterocycles. The molecule has 0 aliphatic rings. The molecule has 0 saturated carbocycles. The second-order valence-electron chi connectivity index (χ2n) is 5.51. The second kappa shape index (κ2) is 9.00. The summed E-state index contributed by atoms with van der Waals surface area (Å²) in [7, 11) is 0. The molecule has 0 aliphatic carbocycles. The van der Waals surface area contributed by atoms with Gasteiger partial charge in [-0.25, -0.2) is 0 Å². The molecule has 0 fully saturated rings. The van der Waals surface area contributed by atoms with E-state index in [0.29, 0.717) is 13.0 Å². The predicted molar refractivity (Wildman–Crippen MR) is 90.4 cm³/mol. The first-order valence-electron chi connectivity index (χ1n) is 7.86. The zero-order valence-corrected chi connectivity index (χ0v) is 12.9. The average Bonchev–Trinajstić information content (AvgIpc) is 2.55. The highest BCUT2D eigenvalue weighted by Gasteiger charge is 2.10. The van der Waals surface area contributed by atoms with Gasteiger partial charge in [0.2, 0.25) is 5.91 Å². The van der Waals surface area contributed by atoms with Crippen molar-refractivity contribution in [1.29, 1.82) is 0 Å². The van der Waals surface area contributed by atoms with Crippen LogP contribution in [0.2, 0.25) is 0 Å². The summed E-state index contributed by atoms with van der Waals surface area (Å²) in [5, 5.41) is 3.45. The zero-order valence-electron chi connectivity index (χ0n) is 12.9. The third kappa shape index (κ3) is 5.70. The fourth-order valence-corrected chi connectivity index (χ4v) is 2.60. The lowest BCUT2D eigenvalue weighted by Gasteiger charge is -2.19. The van der Waals surface area contributed by atoms with Crippen LogP contribution in [0, 0.1) is 0 Å². The van der Waals surface area contributed by atoms with Gasteiger partial charge in [-0.3, -0.25) is 4.79 Å². The number of nitrogens with one attached hydrogen (secondary N) is 1. The number of primary amides is 1. The summed E-state index contributed by atoms with van der Waals surface area (Å²) >= 11 is 0. The van der Waals surface area contributed by atoms with Gasteiger partial charge >= 0.3 is 0 Å². The van der Waals surface area contributed by atoms with Crippen molar-refractivity contribution in [3.63, 3.8) is 0 Å². The molecule has 22 heavy (non-hydrogen) atoms.